The van der Waals surface area contributed by atoms with Crippen LogP contribution >= 0.6 is 0 Å². The van der Waals surface area contributed by atoms with E-state index in [1.807, 2.05) is 41.3 Å². The van der Waals surface area contributed by atoms with E-state index < -0.39 is 6.16 Å². The summed E-state index contributed by atoms with van der Waals surface area (Å²) in [6.45, 7) is 3.16. The molecule has 1 amide bonds. The fourth-order valence-electron chi connectivity index (χ4n) is 6.78. The molecule has 6 rings (SSSR count). The number of hydrogen-bond donors (Lipinski definition) is 2. The molecule has 3 saturated heterocycles. The summed E-state index contributed by atoms with van der Waals surface area (Å²) in [5, 5.41) is 12.2. The topological polar surface area (TPSA) is 120 Å². The molecule has 4 heterocycles. The molecule has 3 unspecified atom stereocenters. The number of rotatable bonds is 6. The first-order valence-corrected chi connectivity index (χ1v) is 14.1. The number of likely N-dealkylation sites (tertiary alicyclic amines) is 1. The van der Waals surface area contributed by atoms with Crippen molar-refractivity contribution in [3.8, 4) is 0 Å². The Bertz CT molecular complexity index is 1150. The van der Waals surface area contributed by atoms with Crippen LogP contribution in [0.1, 0.15) is 44.9 Å². The minimum atomic E-state index is -1.21. The van der Waals surface area contributed by atoms with Gasteiger partial charge in [-0.05, 0) is 63.1 Å². The maximum Gasteiger partial charge on any atom is 0.506 e. The molecule has 0 bridgehead atoms. The zero-order valence-corrected chi connectivity index (χ0v) is 22.0. The molecular formula is C28H36N6O5. The van der Waals surface area contributed by atoms with Crippen molar-refractivity contribution >= 4 is 29.7 Å². The van der Waals surface area contributed by atoms with E-state index in [0.29, 0.717) is 18.8 Å². The molecule has 1 aromatic carbocycles. The van der Waals surface area contributed by atoms with Gasteiger partial charge < -0.3 is 24.8 Å². The number of ether oxygens (including phenoxy) is 2. The molecule has 3 atom stereocenters. The average Bonchev–Trinajstić information content (AvgIpc) is 3.30. The van der Waals surface area contributed by atoms with Gasteiger partial charge in [-0.1, -0.05) is 18.2 Å². The highest BCUT2D eigenvalue weighted by Crippen LogP contribution is 2.38. The summed E-state index contributed by atoms with van der Waals surface area (Å²) in [6, 6.07) is 12.2. The van der Waals surface area contributed by atoms with E-state index in [2.05, 4.69) is 20.1 Å². The second kappa shape index (κ2) is 11.3. The number of carbonyl (C=O) groups excluding carboxylic acids is 1. The molecule has 2 N–H and O–H groups in total. The first-order chi connectivity index (χ1) is 19.0. The zero-order valence-electron chi connectivity index (χ0n) is 22.0. The molecule has 1 aliphatic carbocycles. The number of piperidine rings is 2. The van der Waals surface area contributed by atoms with Crippen LogP contribution in [0, 0.1) is 0 Å². The Hall–Kier alpha value is -3.60. The van der Waals surface area contributed by atoms with E-state index in [1.165, 1.54) is 0 Å². The molecule has 11 heteroatoms. The van der Waals surface area contributed by atoms with Crippen LogP contribution in [-0.2, 0) is 9.47 Å². The molecule has 39 heavy (non-hydrogen) atoms. The molecule has 2 aromatic rings. The van der Waals surface area contributed by atoms with Crippen LogP contribution in [0.15, 0.2) is 42.6 Å². The van der Waals surface area contributed by atoms with E-state index in [9.17, 15) is 9.59 Å². The first kappa shape index (κ1) is 25.7. The fraction of sp³-hybridized carbons (Fsp3) is 0.571. The van der Waals surface area contributed by atoms with Gasteiger partial charge in [-0.2, -0.15) is 4.98 Å². The Kier molecular flexibility index (Phi) is 7.40. The Morgan fingerprint density at radius 1 is 0.974 bits per heavy atom. The molecule has 4 fully saturated rings. The number of para-hydroxylation sites is 1. The lowest BCUT2D eigenvalue weighted by atomic mass is 9.85. The van der Waals surface area contributed by atoms with Gasteiger partial charge in [-0.25, -0.2) is 14.6 Å². The third kappa shape index (κ3) is 5.59. The summed E-state index contributed by atoms with van der Waals surface area (Å²) in [6.07, 6.45) is 6.13. The number of anilines is 3. The van der Waals surface area contributed by atoms with Crippen LogP contribution < -0.4 is 10.2 Å². The van der Waals surface area contributed by atoms with Crippen molar-refractivity contribution in [1.82, 2.24) is 19.8 Å². The molecule has 3 aliphatic heterocycles. The predicted molar refractivity (Wildman–Crippen MR) is 144 cm³/mol. The Labute approximate surface area is 228 Å². The van der Waals surface area contributed by atoms with E-state index in [4.69, 9.17) is 19.6 Å². The molecule has 208 valence electrons. The minimum Gasteiger partial charge on any atom is -0.450 e. The Morgan fingerprint density at radius 2 is 1.72 bits per heavy atom. The summed E-state index contributed by atoms with van der Waals surface area (Å²) < 4.78 is 11.0. The van der Waals surface area contributed by atoms with Crippen LogP contribution in [0.2, 0.25) is 0 Å². The van der Waals surface area contributed by atoms with Gasteiger partial charge >= 0.3 is 12.2 Å². The SMILES string of the molecule is O=C(O)OC1CCN(C2CCCC3C2OC(=O)N3C2CCN(c3ccnc(Nc4ccccc4)n3)CC2)CC1. The number of nitrogens with one attached hydrogen (secondary N) is 1. The third-order valence-corrected chi connectivity index (χ3v) is 8.63. The molecule has 1 aromatic heterocycles. The predicted octanol–water partition coefficient (Wildman–Crippen LogP) is 4.09. The van der Waals surface area contributed by atoms with Gasteiger partial charge in [-0.15, -0.1) is 0 Å². The quantitative estimate of drug-likeness (QED) is 0.522. The average molecular weight is 537 g/mol. The lowest BCUT2D eigenvalue weighted by molar-refractivity contribution is -0.0241. The van der Waals surface area contributed by atoms with E-state index >= 15 is 0 Å². The molecule has 4 aliphatic rings. The molecule has 11 nitrogen and oxygen atoms in total. The van der Waals surface area contributed by atoms with Crippen LogP contribution in [-0.4, -0.2) is 93.6 Å². The normalized spacial score (nSPS) is 26.7. The summed E-state index contributed by atoms with van der Waals surface area (Å²) >= 11 is 0. The third-order valence-electron chi connectivity index (χ3n) is 8.63. The smallest absolute Gasteiger partial charge is 0.450 e. The van der Waals surface area contributed by atoms with Gasteiger partial charge in [0.15, 0.2) is 0 Å². The summed E-state index contributed by atoms with van der Waals surface area (Å²) in [4.78, 5) is 39.8. The molecule has 0 radical (unpaired) electrons. The molecular weight excluding hydrogens is 500 g/mol. The van der Waals surface area contributed by atoms with Crippen molar-refractivity contribution < 1.29 is 24.2 Å². The van der Waals surface area contributed by atoms with Gasteiger partial charge in [0.05, 0.1) is 6.04 Å². The highest BCUT2D eigenvalue weighted by Gasteiger charge is 2.51. The van der Waals surface area contributed by atoms with Gasteiger partial charge in [0.25, 0.3) is 0 Å². The second-order valence-corrected chi connectivity index (χ2v) is 10.9. The van der Waals surface area contributed by atoms with Crippen molar-refractivity contribution in [3.05, 3.63) is 42.6 Å². The van der Waals surface area contributed by atoms with Crippen molar-refractivity contribution in [2.75, 3.05) is 36.4 Å². The van der Waals surface area contributed by atoms with Gasteiger partial charge in [0.1, 0.15) is 18.0 Å². The van der Waals surface area contributed by atoms with E-state index in [0.717, 1.165) is 69.8 Å². The van der Waals surface area contributed by atoms with Crippen molar-refractivity contribution in [3.63, 3.8) is 0 Å². The maximum atomic E-state index is 13.2. The first-order valence-electron chi connectivity index (χ1n) is 14.1. The van der Waals surface area contributed by atoms with Crippen LogP contribution in [0.3, 0.4) is 0 Å². The summed E-state index contributed by atoms with van der Waals surface area (Å²) in [7, 11) is 0. The zero-order chi connectivity index (χ0) is 26.8. The maximum absolute atomic E-state index is 13.2. The largest absolute Gasteiger partial charge is 0.506 e. The Balaban J connectivity index is 1.06. The lowest BCUT2D eigenvalue weighted by Crippen LogP contribution is -2.56. The number of benzene rings is 1. The van der Waals surface area contributed by atoms with Crippen LogP contribution in [0.25, 0.3) is 0 Å². The van der Waals surface area contributed by atoms with Crippen molar-refractivity contribution in [1.29, 1.82) is 0 Å². The number of hydrogen-bond acceptors (Lipinski definition) is 9. The number of carbonyl (C=O) groups is 2. The standard InChI is InChI=1S/C28H36N6O5/c35-27-34(23-8-4-7-22(25(23)39-27)32-17-12-21(13-18-32)38-28(36)37)20-10-15-33(16-11-20)24-9-14-29-26(31-24)30-19-5-2-1-3-6-19/h1-3,5-6,9,14,20-23,25H,4,7-8,10-13,15-18H2,(H,36,37)(H,29,30,31). The monoisotopic (exact) mass is 536 g/mol. The van der Waals surface area contributed by atoms with Gasteiger partial charge in [0, 0.05) is 50.1 Å². The number of fused-ring (bicyclic) bond motifs is 1. The number of nitrogens with zero attached hydrogens (tertiary/aromatic N) is 5. The van der Waals surface area contributed by atoms with E-state index in [-0.39, 0.29) is 36.4 Å². The van der Waals surface area contributed by atoms with Gasteiger partial charge in [0.2, 0.25) is 5.95 Å². The fourth-order valence-corrected chi connectivity index (χ4v) is 6.78. The second-order valence-electron chi connectivity index (χ2n) is 10.9. The number of amides is 1. The molecule has 1 saturated carbocycles. The number of aromatic nitrogens is 2. The Morgan fingerprint density at radius 3 is 2.46 bits per heavy atom. The van der Waals surface area contributed by atoms with Crippen molar-refractivity contribution in [2.45, 2.75) is 75.3 Å². The minimum absolute atomic E-state index is 0.0986. The number of carboxylic acid groups (broad SMARTS) is 1. The van der Waals surface area contributed by atoms with Crippen LogP contribution in [0.5, 0.6) is 0 Å². The van der Waals surface area contributed by atoms with E-state index in [1.54, 1.807) is 6.20 Å². The highest BCUT2D eigenvalue weighted by molar-refractivity contribution is 5.71. The summed E-state index contributed by atoms with van der Waals surface area (Å²) in [5.41, 5.74) is 0.944. The summed E-state index contributed by atoms with van der Waals surface area (Å²) in [5.74, 6) is 1.45. The lowest BCUT2D eigenvalue weighted by Gasteiger charge is -2.44. The molecule has 0 spiro atoms. The van der Waals surface area contributed by atoms with Crippen molar-refractivity contribution in [2.24, 2.45) is 0 Å². The highest BCUT2D eigenvalue weighted by atomic mass is 16.7. The van der Waals surface area contributed by atoms with Crippen LogP contribution in [0.4, 0.5) is 27.0 Å². The van der Waals surface area contributed by atoms with Gasteiger partial charge in [-0.3, -0.25) is 9.80 Å².